The Labute approximate surface area is 395 Å². The molecular weight excluding hydrogens is 853 g/mol. The third-order valence-corrected chi connectivity index (χ3v) is 11.9. The molecule has 0 spiro atoms. The molecule has 0 aromatic carbocycles. The van der Waals surface area contributed by atoms with Crippen LogP contribution in [0.5, 0.6) is 0 Å². The van der Waals surface area contributed by atoms with Gasteiger partial charge in [0.15, 0.2) is 18.7 Å². The van der Waals surface area contributed by atoms with Gasteiger partial charge >= 0.3 is 11.9 Å². The fourth-order valence-electron chi connectivity index (χ4n) is 7.68. The molecule has 66 heavy (non-hydrogen) atoms. The molecule has 0 aromatic rings. The maximum Gasteiger partial charge on any atom is 0.306 e. The van der Waals surface area contributed by atoms with E-state index in [0.29, 0.717) is 12.8 Å². The van der Waals surface area contributed by atoms with E-state index in [-0.39, 0.29) is 19.4 Å². The number of carbonyl (C=O) groups is 2. The molecule has 0 saturated carbocycles. The van der Waals surface area contributed by atoms with Crippen molar-refractivity contribution in [2.45, 2.75) is 235 Å². The Morgan fingerprint density at radius 2 is 0.970 bits per heavy atom. The first-order valence-corrected chi connectivity index (χ1v) is 25.3. The highest BCUT2D eigenvalue weighted by Gasteiger charge is 2.47. The average molecular weight is 941 g/mol. The van der Waals surface area contributed by atoms with E-state index < -0.39 is 99.3 Å². The van der Waals surface area contributed by atoms with Crippen LogP contribution in [0.4, 0.5) is 0 Å². The zero-order chi connectivity index (χ0) is 48.2. The van der Waals surface area contributed by atoms with Gasteiger partial charge in [-0.1, -0.05) is 146 Å². The molecule has 0 aromatic heterocycles. The summed E-state index contributed by atoms with van der Waals surface area (Å²) < 4.78 is 33.5. The maximum atomic E-state index is 13.0. The second-order valence-corrected chi connectivity index (χ2v) is 17.7. The highest BCUT2D eigenvalue weighted by Crippen LogP contribution is 2.26. The maximum absolute atomic E-state index is 13.0. The minimum Gasteiger partial charge on any atom is -0.462 e. The van der Waals surface area contributed by atoms with Crippen LogP contribution in [-0.2, 0) is 38.0 Å². The Kier molecular flexibility index (Phi) is 34.6. The lowest BCUT2D eigenvalue weighted by molar-refractivity contribution is -0.332. The molecule has 0 bridgehead atoms. The van der Waals surface area contributed by atoms with Gasteiger partial charge in [0, 0.05) is 12.8 Å². The summed E-state index contributed by atoms with van der Waals surface area (Å²) in [5.74, 6) is -0.956. The molecule has 2 fully saturated rings. The second-order valence-electron chi connectivity index (χ2n) is 17.7. The zero-order valence-electron chi connectivity index (χ0n) is 40.2. The number of aliphatic hydroxyl groups excluding tert-OH is 7. The summed E-state index contributed by atoms with van der Waals surface area (Å²) in [6, 6.07) is 0. The van der Waals surface area contributed by atoms with E-state index in [1.165, 1.54) is 57.8 Å². The predicted octanol–water partition coefficient (Wildman–Crippen LogP) is 6.71. The third-order valence-electron chi connectivity index (χ3n) is 11.9. The van der Waals surface area contributed by atoms with Gasteiger partial charge in [-0.3, -0.25) is 9.59 Å². The summed E-state index contributed by atoms with van der Waals surface area (Å²) >= 11 is 0. The molecule has 11 atom stereocenters. The molecule has 5 unspecified atom stereocenters. The lowest BCUT2D eigenvalue weighted by atomic mass is 9.98. The Hall–Kier alpha value is -2.54. The standard InChI is InChI=1S/C51H88O15/c1-3-5-7-9-11-13-15-17-18-19-20-22-23-25-27-29-31-33-42(53)61-36-39(64-43(54)34-32-30-28-26-24-21-16-14-12-10-8-6-4-2)37-62-50-49(60)47(58)45(56)41(66-50)38-63-51-48(59)46(57)44(55)40(35-52)65-51/h6,8,10,12,14,16-18,39-41,44-52,55-60H,3-5,7,9,11,13,15,19-38H2,1-2H3/b8-6+,12-10+,16-14+,18-17+/t39?,40-,41-,44+,45+,46?,47?,48?,49?,50-,51-/m1/s1. The molecule has 2 heterocycles. The molecule has 0 aliphatic carbocycles. The molecular formula is C51H88O15. The fraction of sp³-hybridized carbons (Fsp3) is 0.804. The van der Waals surface area contributed by atoms with Crippen molar-refractivity contribution in [1.29, 1.82) is 0 Å². The van der Waals surface area contributed by atoms with Crippen LogP contribution in [-0.4, -0.2) is 142 Å². The van der Waals surface area contributed by atoms with Gasteiger partial charge in [0.1, 0.15) is 55.4 Å². The van der Waals surface area contributed by atoms with Gasteiger partial charge in [-0.25, -0.2) is 0 Å². The monoisotopic (exact) mass is 941 g/mol. The SMILES string of the molecule is CC/C=C/C=C/C=C/CCCCCCCC(=O)OC(COC(=O)CCCCCCCCC/C=C/CCCCCCCC)CO[C@@H]1O[C@H](CO[C@@H]2O[C@H](CO)[C@H](O)C(O)C2O)[C@H](O)C(O)C1O. The fourth-order valence-corrected chi connectivity index (χ4v) is 7.68. The van der Waals surface area contributed by atoms with Gasteiger partial charge < -0.3 is 64.2 Å². The van der Waals surface area contributed by atoms with E-state index in [4.69, 9.17) is 28.4 Å². The summed E-state index contributed by atoms with van der Waals surface area (Å²) in [7, 11) is 0. The normalized spacial score (nSPS) is 26.6. The van der Waals surface area contributed by atoms with Crippen molar-refractivity contribution in [1.82, 2.24) is 0 Å². The van der Waals surface area contributed by atoms with Gasteiger partial charge in [0.05, 0.1) is 19.8 Å². The van der Waals surface area contributed by atoms with E-state index in [1.807, 2.05) is 24.3 Å². The summed E-state index contributed by atoms with van der Waals surface area (Å²) in [4.78, 5) is 25.7. The van der Waals surface area contributed by atoms with Crippen molar-refractivity contribution in [2.24, 2.45) is 0 Å². The number of carbonyl (C=O) groups excluding carboxylic acids is 2. The number of unbranched alkanes of at least 4 members (excludes halogenated alkanes) is 18. The van der Waals surface area contributed by atoms with Crippen molar-refractivity contribution in [2.75, 3.05) is 26.4 Å². The number of aliphatic hydroxyl groups is 7. The molecule has 0 amide bonds. The molecule has 2 aliphatic rings. The Morgan fingerprint density at radius 3 is 1.53 bits per heavy atom. The van der Waals surface area contributed by atoms with Crippen LogP contribution in [0.25, 0.3) is 0 Å². The number of esters is 2. The van der Waals surface area contributed by atoms with Crippen LogP contribution in [0.3, 0.4) is 0 Å². The van der Waals surface area contributed by atoms with Crippen molar-refractivity contribution < 1.29 is 73.8 Å². The Bertz CT molecular complexity index is 1340. The van der Waals surface area contributed by atoms with Crippen LogP contribution < -0.4 is 0 Å². The van der Waals surface area contributed by atoms with Gasteiger partial charge in [-0.15, -0.1) is 0 Å². The molecule has 15 heteroatoms. The lowest BCUT2D eigenvalue weighted by Crippen LogP contribution is -2.61. The van der Waals surface area contributed by atoms with Crippen LogP contribution in [0.2, 0.25) is 0 Å². The Balaban J connectivity index is 1.82. The summed E-state index contributed by atoms with van der Waals surface area (Å²) in [6.07, 6.45) is 24.3. The Morgan fingerprint density at radius 1 is 0.500 bits per heavy atom. The highest BCUT2D eigenvalue weighted by molar-refractivity contribution is 5.70. The lowest BCUT2D eigenvalue weighted by Gasteiger charge is -2.42. The first-order valence-electron chi connectivity index (χ1n) is 25.3. The predicted molar refractivity (Wildman–Crippen MR) is 252 cm³/mol. The first kappa shape index (κ1) is 59.6. The van der Waals surface area contributed by atoms with Crippen molar-refractivity contribution in [3.63, 3.8) is 0 Å². The minimum atomic E-state index is -1.77. The van der Waals surface area contributed by atoms with E-state index in [0.717, 1.165) is 70.6 Å². The molecule has 382 valence electrons. The van der Waals surface area contributed by atoms with Crippen LogP contribution in [0.1, 0.15) is 168 Å². The number of rotatable bonds is 38. The van der Waals surface area contributed by atoms with Crippen molar-refractivity contribution >= 4 is 11.9 Å². The van der Waals surface area contributed by atoms with Crippen LogP contribution in [0, 0.1) is 0 Å². The molecule has 2 rings (SSSR count). The minimum absolute atomic E-state index is 0.140. The molecule has 7 N–H and O–H groups in total. The summed E-state index contributed by atoms with van der Waals surface area (Å²) in [6.45, 7) is 2.42. The number of ether oxygens (including phenoxy) is 6. The van der Waals surface area contributed by atoms with Gasteiger partial charge in [-0.2, -0.15) is 0 Å². The number of allylic oxidation sites excluding steroid dienone is 8. The third kappa shape index (κ3) is 26.3. The van der Waals surface area contributed by atoms with E-state index >= 15 is 0 Å². The molecule has 2 aliphatic heterocycles. The van der Waals surface area contributed by atoms with Gasteiger partial charge in [0.25, 0.3) is 0 Å². The van der Waals surface area contributed by atoms with Crippen LogP contribution in [0.15, 0.2) is 48.6 Å². The topological polar surface area (TPSA) is 231 Å². The molecule has 0 radical (unpaired) electrons. The largest absolute Gasteiger partial charge is 0.462 e. The van der Waals surface area contributed by atoms with E-state index in [2.05, 4.69) is 38.2 Å². The summed E-state index contributed by atoms with van der Waals surface area (Å²) in [5.41, 5.74) is 0. The quantitative estimate of drug-likeness (QED) is 0.0148. The molecule has 15 nitrogen and oxygen atoms in total. The second kappa shape index (κ2) is 38.3. The average Bonchev–Trinajstić information content (AvgIpc) is 3.31. The first-order chi connectivity index (χ1) is 32.0. The van der Waals surface area contributed by atoms with Gasteiger partial charge in [-0.05, 0) is 57.8 Å². The van der Waals surface area contributed by atoms with Crippen molar-refractivity contribution in [3.8, 4) is 0 Å². The highest BCUT2D eigenvalue weighted by atomic mass is 16.7. The van der Waals surface area contributed by atoms with Gasteiger partial charge in [0.2, 0.25) is 0 Å². The van der Waals surface area contributed by atoms with E-state index in [1.54, 1.807) is 0 Å². The number of hydrogen-bond acceptors (Lipinski definition) is 15. The van der Waals surface area contributed by atoms with E-state index in [9.17, 15) is 45.3 Å². The van der Waals surface area contributed by atoms with Crippen LogP contribution >= 0.6 is 0 Å². The smallest absolute Gasteiger partial charge is 0.306 e. The summed E-state index contributed by atoms with van der Waals surface area (Å²) in [5, 5.41) is 72.0. The molecule has 2 saturated heterocycles. The zero-order valence-corrected chi connectivity index (χ0v) is 40.2. The number of hydrogen-bond donors (Lipinski definition) is 7. The van der Waals surface area contributed by atoms with Crippen molar-refractivity contribution in [3.05, 3.63) is 48.6 Å².